The third-order valence-corrected chi connectivity index (χ3v) is 5.47. The van der Waals surface area contributed by atoms with E-state index in [4.69, 9.17) is 0 Å². The first-order valence-corrected chi connectivity index (χ1v) is 9.83. The highest BCUT2D eigenvalue weighted by Gasteiger charge is 2.30. The van der Waals surface area contributed by atoms with Gasteiger partial charge in [-0.1, -0.05) is 44.2 Å². The van der Waals surface area contributed by atoms with Gasteiger partial charge in [0.1, 0.15) is 0 Å². The van der Waals surface area contributed by atoms with Gasteiger partial charge in [-0.2, -0.15) is 0 Å². The van der Waals surface area contributed by atoms with Gasteiger partial charge in [0.05, 0.1) is 4.90 Å². The zero-order valence-electron chi connectivity index (χ0n) is 14.4. The molecular formula is C19H25NO3S. The fraction of sp³-hybridized carbons (Fsp3) is 0.368. The summed E-state index contributed by atoms with van der Waals surface area (Å²) in [6.45, 7) is 4.81. The highest BCUT2D eigenvalue weighted by molar-refractivity contribution is 7.90. The molecule has 0 saturated heterocycles. The molecular weight excluding hydrogens is 322 g/mol. The lowest BCUT2D eigenvalue weighted by atomic mass is 9.75. The maximum Gasteiger partial charge on any atom is 0.175 e. The van der Waals surface area contributed by atoms with Crippen molar-refractivity contribution in [3.05, 3.63) is 60.2 Å². The Morgan fingerprint density at radius 3 is 2.12 bits per heavy atom. The highest BCUT2D eigenvalue weighted by Crippen LogP contribution is 2.35. The van der Waals surface area contributed by atoms with Gasteiger partial charge in [-0.05, 0) is 35.2 Å². The standard InChI is InChI=1S/C19H25NO3S/c1-19(2,14-21)18(15-7-5-4-6-8-15)13-20-16-9-11-17(12-10-16)24(3,22)23/h4-12,18,20-21H,13-14H2,1-3H3. The minimum atomic E-state index is -3.18. The van der Waals surface area contributed by atoms with Crippen LogP contribution in [-0.2, 0) is 9.84 Å². The fourth-order valence-corrected chi connectivity index (χ4v) is 3.31. The lowest BCUT2D eigenvalue weighted by molar-refractivity contribution is 0.134. The number of nitrogens with one attached hydrogen (secondary N) is 1. The van der Waals surface area contributed by atoms with Crippen LogP contribution in [0.25, 0.3) is 0 Å². The third-order valence-electron chi connectivity index (χ3n) is 4.35. The van der Waals surface area contributed by atoms with E-state index in [2.05, 4.69) is 17.4 Å². The summed E-state index contributed by atoms with van der Waals surface area (Å²) in [5, 5.41) is 13.1. The van der Waals surface area contributed by atoms with E-state index in [1.54, 1.807) is 24.3 Å². The van der Waals surface area contributed by atoms with Gasteiger partial charge in [-0.25, -0.2) is 8.42 Å². The minimum Gasteiger partial charge on any atom is -0.396 e. The Labute approximate surface area is 144 Å². The number of rotatable bonds is 7. The molecule has 1 atom stereocenters. The number of hydrogen-bond donors (Lipinski definition) is 2. The second-order valence-corrected chi connectivity index (χ2v) is 8.80. The van der Waals surface area contributed by atoms with E-state index < -0.39 is 9.84 Å². The maximum absolute atomic E-state index is 11.5. The average molecular weight is 347 g/mol. The molecule has 0 radical (unpaired) electrons. The topological polar surface area (TPSA) is 66.4 Å². The van der Waals surface area contributed by atoms with Crippen molar-refractivity contribution >= 4 is 15.5 Å². The van der Waals surface area contributed by atoms with Crippen molar-refractivity contribution < 1.29 is 13.5 Å². The molecule has 0 aliphatic carbocycles. The molecule has 0 aliphatic rings. The smallest absolute Gasteiger partial charge is 0.175 e. The van der Waals surface area contributed by atoms with Crippen LogP contribution in [0.4, 0.5) is 5.69 Å². The van der Waals surface area contributed by atoms with Crippen molar-refractivity contribution in [2.24, 2.45) is 5.41 Å². The maximum atomic E-state index is 11.5. The zero-order valence-corrected chi connectivity index (χ0v) is 15.2. The van der Waals surface area contributed by atoms with Crippen LogP contribution < -0.4 is 5.32 Å². The van der Waals surface area contributed by atoms with E-state index in [1.807, 2.05) is 32.0 Å². The number of anilines is 1. The van der Waals surface area contributed by atoms with Crippen molar-refractivity contribution in [3.63, 3.8) is 0 Å². The van der Waals surface area contributed by atoms with Gasteiger partial charge >= 0.3 is 0 Å². The SMILES string of the molecule is CC(C)(CO)C(CNc1ccc(S(C)(=O)=O)cc1)c1ccccc1. The average Bonchev–Trinajstić information content (AvgIpc) is 2.55. The highest BCUT2D eigenvalue weighted by atomic mass is 32.2. The molecule has 4 nitrogen and oxygen atoms in total. The number of benzene rings is 2. The molecule has 24 heavy (non-hydrogen) atoms. The quantitative estimate of drug-likeness (QED) is 0.806. The molecule has 2 rings (SSSR count). The van der Waals surface area contributed by atoms with E-state index >= 15 is 0 Å². The second-order valence-electron chi connectivity index (χ2n) is 6.79. The number of aliphatic hydroxyl groups is 1. The zero-order chi connectivity index (χ0) is 17.8. The van der Waals surface area contributed by atoms with Crippen LogP contribution in [0.15, 0.2) is 59.5 Å². The number of sulfone groups is 1. The van der Waals surface area contributed by atoms with E-state index in [0.717, 1.165) is 11.3 Å². The molecule has 0 aromatic heterocycles. The summed E-state index contributed by atoms with van der Waals surface area (Å²) < 4.78 is 23.0. The molecule has 0 spiro atoms. The monoisotopic (exact) mass is 347 g/mol. The lowest BCUT2D eigenvalue weighted by Gasteiger charge is -2.33. The Bertz CT molecular complexity index is 753. The molecule has 0 amide bonds. The first-order chi connectivity index (χ1) is 11.2. The minimum absolute atomic E-state index is 0.0846. The summed E-state index contributed by atoms with van der Waals surface area (Å²) in [6.07, 6.45) is 1.20. The molecule has 1 unspecified atom stereocenters. The summed E-state index contributed by atoms with van der Waals surface area (Å²) in [4.78, 5) is 0.309. The molecule has 2 aromatic carbocycles. The number of hydrogen-bond acceptors (Lipinski definition) is 4. The van der Waals surface area contributed by atoms with Gasteiger partial charge in [0, 0.05) is 31.0 Å². The molecule has 0 fully saturated rings. The van der Waals surface area contributed by atoms with Crippen LogP contribution in [0.1, 0.15) is 25.3 Å². The summed E-state index contributed by atoms with van der Waals surface area (Å²) in [5.41, 5.74) is 1.75. The molecule has 0 aliphatic heterocycles. The van der Waals surface area contributed by atoms with Gasteiger partial charge in [0.2, 0.25) is 0 Å². The first-order valence-electron chi connectivity index (χ1n) is 7.94. The van der Waals surface area contributed by atoms with Crippen LogP contribution in [-0.4, -0.2) is 32.9 Å². The van der Waals surface area contributed by atoms with Crippen molar-refractivity contribution in [1.29, 1.82) is 0 Å². The predicted octanol–water partition coefficient (Wildman–Crippen LogP) is 3.30. The Kier molecular flexibility index (Phi) is 5.67. The summed E-state index contributed by atoms with van der Waals surface area (Å²) >= 11 is 0. The van der Waals surface area contributed by atoms with E-state index in [1.165, 1.54) is 6.26 Å². The van der Waals surface area contributed by atoms with Crippen LogP contribution in [0.5, 0.6) is 0 Å². The molecule has 130 valence electrons. The van der Waals surface area contributed by atoms with Crippen molar-refractivity contribution in [2.75, 3.05) is 24.7 Å². The number of aliphatic hydroxyl groups excluding tert-OH is 1. The van der Waals surface area contributed by atoms with Crippen LogP contribution in [0, 0.1) is 5.41 Å². The van der Waals surface area contributed by atoms with E-state index in [9.17, 15) is 13.5 Å². The molecule has 0 bridgehead atoms. The normalized spacial score (nSPS) is 13.5. The largest absolute Gasteiger partial charge is 0.396 e. The van der Waals surface area contributed by atoms with Crippen LogP contribution >= 0.6 is 0 Å². The Morgan fingerprint density at radius 1 is 1.04 bits per heavy atom. The fourth-order valence-electron chi connectivity index (χ4n) is 2.68. The van der Waals surface area contributed by atoms with Gasteiger partial charge in [0.25, 0.3) is 0 Å². The Balaban J connectivity index is 2.16. The first kappa shape index (κ1) is 18.5. The lowest BCUT2D eigenvalue weighted by Crippen LogP contribution is -2.31. The molecule has 0 heterocycles. The van der Waals surface area contributed by atoms with Crippen LogP contribution in [0.2, 0.25) is 0 Å². The van der Waals surface area contributed by atoms with E-state index in [-0.39, 0.29) is 17.9 Å². The predicted molar refractivity (Wildman–Crippen MR) is 98.1 cm³/mol. The van der Waals surface area contributed by atoms with E-state index in [0.29, 0.717) is 11.4 Å². The van der Waals surface area contributed by atoms with Gasteiger partial charge in [-0.15, -0.1) is 0 Å². The Morgan fingerprint density at radius 2 is 1.62 bits per heavy atom. The summed E-state index contributed by atoms with van der Waals surface area (Å²) in [6, 6.07) is 16.8. The molecule has 2 aromatic rings. The molecule has 2 N–H and O–H groups in total. The third kappa shape index (κ3) is 4.58. The molecule has 5 heteroatoms. The van der Waals surface area contributed by atoms with Crippen LogP contribution in [0.3, 0.4) is 0 Å². The van der Waals surface area contributed by atoms with Crippen molar-refractivity contribution in [3.8, 4) is 0 Å². The van der Waals surface area contributed by atoms with Gasteiger partial charge < -0.3 is 10.4 Å². The summed E-state index contributed by atoms with van der Waals surface area (Å²) in [7, 11) is -3.18. The molecule has 0 saturated carbocycles. The van der Waals surface area contributed by atoms with Gasteiger partial charge in [0.15, 0.2) is 9.84 Å². The van der Waals surface area contributed by atoms with Crippen molar-refractivity contribution in [1.82, 2.24) is 0 Å². The van der Waals surface area contributed by atoms with Gasteiger partial charge in [-0.3, -0.25) is 0 Å². The second kappa shape index (κ2) is 7.36. The van der Waals surface area contributed by atoms with Crippen molar-refractivity contribution in [2.45, 2.75) is 24.7 Å². The Hall–Kier alpha value is -1.85. The summed E-state index contributed by atoms with van der Waals surface area (Å²) in [5.74, 6) is 0.123.